The molecule has 2 unspecified atom stereocenters. The normalized spacial score (nSPS) is 16.4. The van der Waals surface area contributed by atoms with Crippen LogP contribution in [0.5, 0.6) is 0 Å². The summed E-state index contributed by atoms with van der Waals surface area (Å²) in [6, 6.07) is 10.1. The molecule has 0 amide bonds. The zero-order valence-corrected chi connectivity index (χ0v) is 15.9. The van der Waals surface area contributed by atoms with Crippen molar-refractivity contribution in [3.8, 4) is 0 Å². The molecule has 0 spiro atoms. The zero-order valence-electron chi connectivity index (χ0n) is 15.9. The maximum absolute atomic E-state index is 10.7. The first-order chi connectivity index (χ1) is 13.1. The molecule has 1 aromatic carbocycles. The highest BCUT2D eigenvalue weighted by Gasteiger charge is 2.18. The molecule has 5 heteroatoms. The third kappa shape index (κ3) is 6.17. The van der Waals surface area contributed by atoms with Crippen molar-refractivity contribution < 1.29 is 10.2 Å². The molecular weight excluding hydrogens is 338 g/mol. The number of allylic oxidation sites excluding steroid dienone is 2. The first-order valence-corrected chi connectivity index (χ1v) is 9.60. The molecule has 0 aliphatic heterocycles. The lowest BCUT2D eigenvalue weighted by atomic mass is 10.1. The molecule has 0 radical (unpaired) electrons. The minimum absolute atomic E-state index is 0.439. The number of aromatic nitrogens is 2. The smallest absolute Gasteiger partial charge is 0.0947 e. The molecule has 1 aromatic heterocycles. The summed E-state index contributed by atoms with van der Waals surface area (Å²) in [6.45, 7) is 4.19. The van der Waals surface area contributed by atoms with Crippen LogP contribution in [0.4, 0.5) is 0 Å². The van der Waals surface area contributed by atoms with Gasteiger partial charge in [-0.1, -0.05) is 48.6 Å². The fourth-order valence-electron chi connectivity index (χ4n) is 3.38. The predicted octanol–water partition coefficient (Wildman–Crippen LogP) is 2.92. The minimum atomic E-state index is -0.638. The van der Waals surface area contributed by atoms with Gasteiger partial charge in [-0.25, -0.2) is 0 Å². The second-order valence-corrected chi connectivity index (χ2v) is 7.27. The first kappa shape index (κ1) is 19.5. The Labute approximate surface area is 161 Å². The maximum Gasteiger partial charge on any atom is 0.0947 e. The van der Waals surface area contributed by atoms with Gasteiger partial charge in [0.1, 0.15) is 0 Å². The third-order valence-electron chi connectivity index (χ3n) is 4.66. The van der Waals surface area contributed by atoms with Crippen LogP contribution in [0.25, 0.3) is 0 Å². The van der Waals surface area contributed by atoms with Crippen LogP contribution in [-0.2, 0) is 6.54 Å². The molecule has 1 aliphatic carbocycles. The summed E-state index contributed by atoms with van der Waals surface area (Å²) in [5, 5.41) is 24.9. The largest absolute Gasteiger partial charge is 0.392 e. The average molecular weight is 367 g/mol. The summed E-state index contributed by atoms with van der Waals surface area (Å²) in [5.74, 6) is 0. The van der Waals surface area contributed by atoms with Crippen LogP contribution in [0.15, 0.2) is 66.5 Å². The summed E-state index contributed by atoms with van der Waals surface area (Å²) in [5.41, 5.74) is 3.22. The Morgan fingerprint density at radius 3 is 2.67 bits per heavy atom. The molecule has 0 bridgehead atoms. The summed E-state index contributed by atoms with van der Waals surface area (Å²) in [4.78, 5) is 2.10. The van der Waals surface area contributed by atoms with E-state index >= 15 is 0 Å². The van der Waals surface area contributed by atoms with E-state index in [9.17, 15) is 10.2 Å². The van der Waals surface area contributed by atoms with Gasteiger partial charge < -0.3 is 10.2 Å². The van der Waals surface area contributed by atoms with Gasteiger partial charge in [-0.2, -0.15) is 5.10 Å². The summed E-state index contributed by atoms with van der Waals surface area (Å²) < 4.78 is 1.85. The van der Waals surface area contributed by atoms with E-state index in [-0.39, 0.29) is 0 Å². The summed E-state index contributed by atoms with van der Waals surface area (Å²) >= 11 is 0. The van der Waals surface area contributed by atoms with Gasteiger partial charge in [-0.15, -0.1) is 0 Å². The molecule has 144 valence electrons. The lowest BCUT2D eigenvalue weighted by Gasteiger charge is -2.27. The number of hydrogen-bond acceptors (Lipinski definition) is 4. The van der Waals surface area contributed by atoms with Gasteiger partial charge in [-0.3, -0.25) is 9.58 Å². The van der Waals surface area contributed by atoms with Gasteiger partial charge in [-0.05, 0) is 30.9 Å². The van der Waals surface area contributed by atoms with Gasteiger partial charge in [0.05, 0.1) is 24.9 Å². The number of nitrogens with zero attached hydrogens (tertiary/aromatic N) is 3. The van der Waals surface area contributed by atoms with Gasteiger partial charge in [0, 0.05) is 31.4 Å². The van der Waals surface area contributed by atoms with Crippen molar-refractivity contribution in [3.63, 3.8) is 0 Å². The monoisotopic (exact) mass is 367 g/mol. The number of aliphatic hydroxyl groups is 2. The van der Waals surface area contributed by atoms with E-state index in [1.165, 1.54) is 11.1 Å². The van der Waals surface area contributed by atoms with Crippen LogP contribution in [0.1, 0.15) is 37.0 Å². The molecule has 3 rings (SSSR count). The van der Waals surface area contributed by atoms with E-state index in [1.807, 2.05) is 29.1 Å². The van der Waals surface area contributed by atoms with Gasteiger partial charge in [0.2, 0.25) is 0 Å². The Hall–Kier alpha value is -2.21. The zero-order chi connectivity index (χ0) is 19.1. The highest BCUT2D eigenvalue weighted by molar-refractivity contribution is 5.24. The number of benzene rings is 1. The first-order valence-electron chi connectivity index (χ1n) is 9.60. The van der Waals surface area contributed by atoms with Crippen molar-refractivity contribution in [1.29, 1.82) is 0 Å². The highest BCUT2D eigenvalue weighted by Crippen LogP contribution is 2.17. The fourth-order valence-corrected chi connectivity index (χ4v) is 3.38. The molecule has 5 nitrogen and oxygen atoms in total. The topological polar surface area (TPSA) is 61.5 Å². The Bertz CT molecular complexity index is 765. The highest BCUT2D eigenvalue weighted by atomic mass is 16.3. The predicted molar refractivity (Wildman–Crippen MR) is 107 cm³/mol. The van der Waals surface area contributed by atoms with Crippen molar-refractivity contribution in [2.75, 3.05) is 19.6 Å². The molecule has 2 atom stereocenters. The van der Waals surface area contributed by atoms with Crippen LogP contribution in [0.2, 0.25) is 0 Å². The lowest BCUT2D eigenvalue weighted by Crippen LogP contribution is -2.36. The number of aliphatic hydroxyl groups excluding tert-OH is 2. The van der Waals surface area contributed by atoms with E-state index in [1.54, 1.807) is 13.1 Å². The average Bonchev–Trinajstić information content (AvgIpc) is 3.11. The van der Waals surface area contributed by atoms with Crippen LogP contribution < -0.4 is 0 Å². The Kier molecular flexibility index (Phi) is 6.98. The Morgan fingerprint density at radius 1 is 1.15 bits per heavy atom. The fraction of sp³-hybridized carbons (Fsp3) is 0.409. The van der Waals surface area contributed by atoms with Crippen molar-refractivity contribution in [2.24, 2.45) is 0 Å². The molecular formula is C22H29N3O2. The molecule has 2 N–H and O–H groups in total. The van der Waals surface area contributed by atoms with Crippen molar-refractivity contribution >= 4 is 0 Å². The number of rotatable bonds is 9. The molecule has 1 aliphatic rings. The quantitative estimate of drug-likeness (QED) is 0.715. The van der Waals surface area contributed by atoms with Crippen LogP contribution in [0.3, 0.4) is 0 Å². The second kappa shape index (κ2) is 9.65. The van der Waals surface area contributed by atoms with Crippen molar-refractivity contribution in [2.45, 2.75) is 38.5 Å². The van der Waals surface area contributed by atoms with E-state index in [0.29, 0.717) is 19.6 Å². The van der Waals surface area contributed by atoms with E-state index < -0.39 is 12.2 Å². The molecule has 0 fully saturated rings. The minimum Gasteiger partial charge on any atom is -0.392 e. The molecule has 2 aromatic rings. The molecule has 0 saturated heterocycles. The summed E-state index contributed by atoms with van der Waals surface area (Å²) in [6.07, 6.45) is 11.3. The van der Waals surface area contributed by atoms with Crippen molar-refractivity contribution in [3.05, 3.63) is 77.7 Å². The lowest BCUT2D eigenvalue weighted by molar-refractivity contribution is 0.0814. The standard InChI is InChI=1S/C22H29N3O2/c1-18(26)13-24(14-19-8-4-2-5-9-19)17-22(27)21-12-23-25(16-21)15-20-10-6-3-7-11-20/h3-4,6-12,16,18,22,26-27H,2,5,13-15,17H2,1H3. The Balaban J connectivity index is 1.61. The van der Waals surface area contributed by atoms with Crippen LogP contribution in [0, 0.1) is 0 Å². The molecule has 27 heavy (non-hydrogen) atoms. The molecule has 0 saturated carbocycles. The van der Waals surface area contributed by atoms with Gasteiger partial charge in [0.25, 0.3) is 0 Å². The van der Waals surface area contributed by atoms with Crippen LogP contribution in [-0.4, -0.2) is 50.6 Å². The number of hydrogen-bond donors (Lipinski definition) is 2. The van der Waals surface area contributed by atoms with Crippen molar-refractivity contribution in [1.82, 2.24) is 14.7 Å². The second-order valence-electron chi connectivity index (χ2n) is 7.27. The summed E-state index contributed by atoms with van der Waals surface area (Å²) in [7, 11) is 0. The van der Waals surface area contributed by atoms with E-state index in [2.05, 4.69) is 40.4 Å². The van der Waals surface area contributed by atoms with Crippen LogP contribution >= 0.6 is 0 Å². The van der Waals surface area contributed by atoms with Gasteiger partial charge in [0.15, 0.2) is 0 Å². The van der Waals surface area contributed by atoms with Gasteiger partial charge >= 0.3 is 0 Å². The van der Waals surface area contributed by atoms with E-state index in [0.717, 1.165) is 24.9 Å². The maximum atomic E-state index is 10.7. The van der Waals surface area contributed by atoms with E-state index in [4.69, 9.17) is 0 Å². The third-order valence-corrected chi connectivity index (χ3v) is 4.66. The Morgan fingerprint density at radius 2 is 1.96 bits per heavy atom. The molecule has 1 heterocycles. The SMILES string of the molecule is CC(O)CN(CC1=CCCC=C1)CC(O)c1cnn(Cc2ccccc2)c1.